The van der Waals surface area contributed by atoms with Crippen molar-refractivity contribution in [2.24, 2.45) is 0 Å². The number of sulfonamides is 1. The first kappa shape index (κ1) is 22.8. The summed E-state index contributed by atoms with van der Waals surface area (Å²) in [5, 5.41) is 7.59. The summed E-state index contributed by atoms with van der Waals surface area (Å²) >= 11 is 6.22. The van der Waals surface area contributed by atoms with E-state index in [1.807, 2.05) is 18.2 Å². The van der Waals surface area contributed by atoms with E-state index in [0.29, 0.717) is 17.4 Å². The average Bonchev–Trinajstić information content (AvgIpc) is 3.14. The van der Waals surface area contributed by atoms with Crippen molar-refractivity contribution >= 4 is 33.3 Å². The molecular formula is C21H23ClN4O4S. The van der Waals surface area contributed by atoms with Gasteiger partial charge in [0, 0.05) is 22.7 Å². The lowest BCUT2D eigenvalue weighted by Gasteiger charge is -2.14. The van der Waals surface area contributed by atoms with Crippen molar-refractivity contribution in [1.82, 2.24) is 14.5 Å². The fourth-order valence-electron chi connectivity index (χ4n) is 2.94. The van der Waals surface area contributed by atoms with Gasteiger partial charge in [-0.05, 0) is 43.7 Å². The second-order valence-corrected chi connectivity index (χ2v) is 9.15. The summed E-state index contributed by atoms with van der Waals surface area (Å²) in [5.41, 5.74) is 1.01. The van der Waals surface area contributed by atoms with Gasteiger partial charge in [0.15, 0.2) is 0 Å². The van der Waals surface area contributed by atoms with Gasteiger partial charge < -0.3 is 10.1 Å². The molecule has 0 bridgehead atoms. The van der Waals surface area contributed by atoms with E-state index in [2.05, 4.69) is 15.1 Å². The topological polar surface area (TPSA) is 102 Å². The molecule has 1 heterocycles. The highest BCUT2D eigenvalue weighted by Gasteiger charge is 2.23. The van der Waals surface area contributed by atoms with E-state index in [1.165, 1.54) is 25.3 Å². The quantitative estimate of drug-likeness (QED) is 0.533. The van der Waals surface area contributed by atoms with E-state index in [9.17, 15) is 13.2 Å². The largest absolute Gasteiger partial charge is 0.495 e. The molecule has 0 aliphatic carbocycles. The molecule has 10 heteroatoms. The van der Waals surface area contributed by atoms with Crippen molar-refractivity contribution in [3.63, 3.8) is 0 Å². The molecule has 0 atom stereocenters. The standard InChI is InChI=1S/C21H23ClN4O4S/c1-14(2)25-31(28,29)19-12-15(8-9-18(19)30-3)21(27)24-20-10-11-23-26(20)13-16-6-4-5-7-17(16)22/h4-12,14,25H,13H2,1-3H3,(H,24,27). The van der Waals surface area contributed by atoms with Gasteiger partial charge in [-0.2, -0.15) is 5.10 Å². The fourth-order valence-corrected chi connectivity index (χ4v) is 4.58. The minimum Gasteiger partial charge on any atom is -0.495 e. The molecular weight excluding hydrogens is 440 g/mol. The molecule has 0 fully saturated rings. The van der Waals surface area contributed by atoms with Crippen LogP contribution < -0.4 is 14.8 Å². The molecule has 2 aromatic carbocycles. The summed E-state index contributed by atoms with van der Waals surface area (Å²) < 4.78 is 34.6. The van der Waals surface area contributed by atoms with E-state index in [4.69, 9.17) is 16.3 Å². The highest BCUT2D eigenvalue weighted by molar-refractivity contribution is 7.89. The molecule has 1 aromatic heterocycles. The number of hydrogen-bond acceptors (Lipinski definition) is 5. The number of nitrogens with one attached hydrogen (secondary N) is 2. The Hall–Kier alpha value is -2.88. The van der Waals surface area contributed by atoms with Crippen LogP contribution >= 0.6 is 11.6 Å². The molecule has 0 radical (unpaired) electrons. The predicted molar refractivity (Wildman–Crippen MR) is 119 cm³/mol. The molecule has 164 valence electrons. The number of aromatic nitrogens is 2. The molecule has 0 spiro atoms. The summed E-state index contributed by atoms with van der Waals surface area (Å²) in [6, 6.07) is 12.9. The lowest BCUT2D eigenvalue weighted by molar-refractivity contribution is 0.102. The first-order valence-electron chi connectivity index (χ1n) is 9.48. The number of carbonyl (C=O) groups is 1. The lowest BCUT2D eigenvalue weighted by atomic mass is 10.2. The number of ether oxygens (including phenoxy) is 1. The number of hydrogen-bond donors (Lipinski definition) is 2. The van der Waals surface area contributed by atoms with Gasteiger partial charge in [-0.1, -0.05) is 29.8 Å². The number of benzene rings is 2. The first-order chi connectivity index (χ1) is 14.7. The van der Waals surface area contributed by atoms with Crippen LogP contribution in [0.15, 0.2) is 59.6 Å². The number of nitrogens with zero attached hydrogens (tertiary/aromatic N) is 2. The monoisotopic (exact) mass is 462 g/mol. The van der Waals surface area contributed by atoms with Gasteiger partial charge in [-0.15, -0.1) is 0 Å². The van der Waals surface area contributed by atoms with Gasteiger partial charge in [-0.25, -0.2) is 17.8 Å². The van der Waals surface area contributed by atoms with Gasteiger partial charge in [0.05, 0.1) is 19.9 Å². The summed E-state index contributed by atoms with van der Waals surface area (Å²) in [6.45, 7) is 3.78. The summed E-state index contributed by atoms with van der Waals surface area (Å²) in [5.74, 6) is 0.114. The van der Waals surface area contributed by atoms with E-state index >= 15 is 0 Å². The van der Waals surface area contributed by atoms with Gasteiger partial charge in [-0.3, -0.25) is 4.79 Å². The maximum atomic E-state index is 12.9. The summed E-state index contributed by atoms with van der Waals surface area (Å²) in [4.78, 5) is 12.7. The Balaban J connectivity index is 1.86. The molecule has 2 N–H and O–H groups in total. The normalized spacial score (nSPS) is 11.5. The molecule has 0 aliphatic heterocycles. The van der Waals surface area contributed by atoms with Crippen LogP contribution in [0.5, 0.6) is 5.75 Å². The molecule has 3 rings (SSSR count). The molecule has 0 saturated heterocycles. The highest BCUT2D eigenvalue weighted by atomic mass is 35.5. The lowest BCUT2D eigenvalue weighted by Crippen LogP contribution is -2.30. The smallest absolute Gasteiger partial charge is 0.256 e. The van der Waals surface area contributed by atoms with Crippen molar-refractivity contribution < 1.29 is 17.9 Å². The first-order valence-corrected chi connectivity index (χ1v) is 11.3. The third-order valence-corrected chi connectivity index (χ3v) is 6.39. The molecule has 3 aromatic rings. The zero-order valence-corrected chi connectivity index (χ0v) is 18.9. The van der Waals surface area contributed by atoms with Crippen LogP contribution in [0.2, 0.25) is 5.02 Å². The Bertz CT molecular complexity index is 1190. The molecule has 8 nitrogen and oxygen atoms in total. The van der Waals surface area contributed by atoms with Crippen LogP contribution in [0.25, 0.3) is 0 Å². The zero-order chi connectivity index (χ0) is 22.6. The van der Waals surface area contributed by atoms with E-state index in [-0.39, 0.29) is 22.3 Å². The Morgan fingerprint density at radius 3 is 2.61 bits per heavy atom. The third-order valence-electron chi connectivity index (χ3n) is 4.34. The Kier molecular flexibility index (Phi) is 6.99. The SMILES string of the molecule is COc1ccc(C(=O)Nc2ccnn2Cc2ccccc2Cl)cc1S(=O)(=O)NC(C)C. The van der Waals surface area contributed by atoms with Crippen LogP contribution in [-0.2, 0) is 16.6 Å². The molecule has 1 amide bonds. The van der Waals surface area contributed by atoms with Crippen LogP contribution in [0, 0.1) is 0 Å². The predicted octanol–water partition coefficient (Wildman–Crippen LogP) is 3.53. The van der Waals surface area contributed by atoms with Gasteiger partial charge in [0.2, 0.25) is 10.0 Å². The van der Waals surface area contributed by atoms with E-state index in [1.54, 1.807) is 36.9 Å². The van der Waals surface area contributed by atoms with E-state index in [0.717, 1.165) is 5.56 Å². The summed E-state index contributed by atoms with van der Waals surface area (Å²) in [6.07, 6.45) is 1.56. The maximum absolute atomic E-state index is 12.9. The molecule has 31 heavy (non-hydrogen) atoms. The Morgan fingerprint density at radius 2 is 1.94 bits per heavy atom. The van der Waals surface area contributed by atoms with Gasteiger partial charge in [0.1, 0.15) is 16.5 Å². The van der Waals surface area contributed by atoms with Crippen LogP contribution in [-0.4, -0.2) is 37.3 Å². The molecule has 0 unspecified atom stereocenters. The molecule has 0 aliphatic rings. The minimum atomic E-state index is -3.86. The number of methoxy groups -OCH3 is 1. The number of amides is 1. The van der Waals surface area contributed by atoms with Crippen molar-refractivity contribution in [1.29, 1.82) is 0 Å². The zero-order valence-electron chi connectivity index (χ0n) is 17.3. The molecule has 0 saturated carbocycles. The van der Waals surface area contributed by atoms with Crippen molar-refractivity contribution in [2.75, 3.05) is 12.4 Å². The Labute approximate surface area is 186 Å². The number of anilines is 1. The van der Waals surface area contributed by atoms with Crippen LogP contribution in [0.1, 0.15) is 29.8 Å². The van der Waals surface area contributed by atoms with Gasteiger partial charge >= 0.3 is 0 Å². The fraction of sp³-hybridized carbons (Fsp3) is 0.238. The summed E-state index contributed by atoms with van der Waals surface area (Å²) in [7, 11) is -2.49. The van der Waals surface area contributed by atoms with Crippen molar-refractivity contribution in [2.45, 2.75) is 31.3 Å². The van der Waals surface area contributed by atoms with Crippen LogP contribution in [0.4, 0.5) is 5.82 Å². The van der Waals surface area contributed by atoms with E-state index < -0.39 is 15.9 Å². The maximum Gasteiger partial charge on any atom is 0.256 e. The third kappa shape index (κ3) is 5.43. The second-order valence-electron chi connectivity index (χ2n) is 7.06. The van der Waals surface area contributed by atoms with Crippen molar-refractivity contribution in [3.05, 3.63) is 70.9 Å². The van der Waals surface area contributed by atoms with Gasteiger partial charge in [0.25, 0.3) is 5.91 Å². The van der Waals surface area contributed by atoms with Crippen molar-refractivity contribution in [3.8, 4) is 5.75 Å². The minimum absolute atomic E-state index is 0.110. The second kappa shape index (κ2) is 9.51. The van der Waals surface area contributed by atoms with Crippen LogP contribution in [0.3, 0.4) is 0 Å². The Morgan fingerprint density at radius 1 is 1.19 bits per heavy atom. The highest BCUT2D eigenvalue weighted by Crippen LogP contribution is 2.26. The number of rotatable bonds is 8. The number of halogens is 1. The average molecular weight is 463 g/mol. The number of carbonyl (C=O) groups excluding carboxylic acids is 1.